The third-order valence-electron chi connectivity index (χ3n) is 3.40. The molecule has 19 heavy (non-hydrogen) atoms. The number of halogens is 1. The molecule has 1 heterocycles. The van der Waals surface area contributed by atoms with Crippen LogP contribution in [0, 0.1) is 0 Å². The van der Waals surface area contributed by atoms with Gasteiger partial charge in [0.15, 0.2) is 4.67 Å². The summed E-state index contributed by atoms with van der Waals surface area (Å²) in [6.45, 7) is -0.0163. The van der Waals surface area contributed by atoms with E-state index < -0.39 is 5.97 Å². The summed E-state index contributed by atoms with van der Waals surface area (Å²) in [5, 5.41) is 0. The van der Waals surface area contributed by atoms with Crippen LogP contribution in [0.4, 0.5) is 0 Å². The van der Waals surface area contributed by atoms with Crippen molar-refractivity contribution in [1.82, 2.24) is 4.90 Å². The van der Waals surface area contributed by atoms with Crippen molar-refractivity contribution in [3.8, 4) is 0 Å². The first-order valence-electron chi connectivity index (χ1n) is 6.24. The van der Waals surface area contributed by atoms with Crippen LogP contribution in [0.3, 0.4) is 0 Å². The topological polar surface area (TPSA) is 59.8 Å². The number of nitrogens with zero attached hydrogens (tertiary/aromatic N) is 1. The highest BCUT2D eigenvalue weighted by atomic mass is 79.9. The van der Waals surface area contributed by atoms with E-state index in [9.17, 15) is 9.59 Å². The van der Waals surface area contributed by atoms with Gasteiger partial charge in [0.1, 0.15) is 6.54 Å². The fraction of sp³-hybridized carbons (Fsp3) is 0.538. The van der Waals surface area contributed by atoms with Crippen LogP contribution < -0.4 is 0 Å². The number of rotatable bonds is 4. The van der Waals surface area contributed by atoms with Crippen molar-refractivity contribution in [2.24, 2.45) is 0 Å². The Hall–Kier alpha value is -1.30. The largest absolute Gasteiger partial charge is 0.468 e. The Morgan fingerprint density at radius 1 is 1.47 bits per heavy atom. The van der Waals surface area contributed by atoms with E-state index in [1.54, 1.807) is 11.0 Å². The van der Waals surface area contributed by atoms with E-state index in [1.807, 2.05) is 0 Å². The zero-order valence-electron chi connectivity index (χ0n) is 10.7. The van der Waals surface area contributed by atoms with Crippen LogP contribution in [-0.2, 0) is 9.53 Å². The van der Waals surface area contributed by atoms with Gasteiger partial charge in [0.25, 0.3) is 5.91 Å². The Labute approximate surface area is 120 Å². The molecule has 0 atom stereocenters. The molecule has 5 nitrogen and oxygen atoms in total. The van der Waals surface area contributed by atoms with Crippen LogP contribution in [0.25, 0.3) is 0 Å². The van der Waals surface area contributed by atoms with Gasteiger partial charge in [-0.15, -0.1) is 0 Å². The molecule has 104 valence electrons. The summed E-state index contributed by atoms with van der Waals surface area (Å²) in [5.74, 6) is -0.599. The minimum absolute atomic E-state index is 0.0163. The Kier molecular flexibility index (Phi) is 4.63. The minimum Gasteiger partial charge on any atom is -0.468 e. The second-order valence-electron chi connectivity index (χ2n) is 4.56. The van der Waals surface area contributed by atoms with E-state index in [-0.39, 0.29) is 18.5 Å². The maximum atomic E-state index is 12.5. The van der Waals surface area contributed by atoms with Crippen molar-refractivity contribution in [2.45, 2.75) is 31.7 Å². The number of furan rings is 1. The average Bonchev–Trinajstić information content (AvgIpc) is 3.05. The molecule has 0 N–H and O–H groups in total. The van der Waals surface area contributed by atoms with Gasteiger partial charge in [0.2, 0.25) is 0 Å². The first kappa shape index (κ1) is 14.1. The summed E-state index contributed by atoms with van der Waals surface area (Å²) in [4.78, 5) is 25.6. The number of methoxy groups -OCH3 is 1. The lowest BCUT2D eigenvalue weighted by Crippen LogP contribution is -2.42. The van der Waals surface area contributed by atoms with E-state index in [0.29, 0.717) is 10.2 Å². The summed E-state index contributed by atoms with van der Waals surface area (Å²) in [7, 11) is 1.33. The number of ether oxygens (including phenoxy) is 1. The molecule has 1 amide bonds. The molecule has 1 aromatic heterocycles. The van der Waals surface area contributed by atoms with Gasteiger partial charge in [-0.25, -0.2) is 0 Å². The van der Waals surface area contributed by atoms with Gasteiger partial charge < -0.3 is 14.1 Å². The molecule has 1 aromatic rings. The fourth-order valence-electron chi connectivity index (χ4n) is 2.39. The van der Waals surface area contributed by atoms with Crippen LogP contribution in [0.1, 0.15) is 36.0 Å². The van der Waals surface area contributed by atoms with Crippen molar-refractivity contribution in [3.63, 3.8) is 0 Å². The third kappa shape index (κ3) is 3.18. The summed E-state index contributed by atoms with van der Waals surface area (Å²) in [5.41, 5.74) is 0.441. The molecule has 0 unspecified atom stereocenters. The van der Waals surface area contributed by atoms with Gasteiger partial charge in [0.05, 0.1) is 18.9 Å². The van der Waals surface area contributed by atoms with Crippen molar-refractivity contribution in [3.05, 3.63) is 22.6 Å². The molecule has 1 fully saturated rings. The summed E-state index contributed by atoms with van der Waals surface area (Å²) in [6, 6.07) is 1.71. The van der Waals surface area contributed by atoms with Gasteiger partial charge in [0, 0.05) is 6.04 Å². The van der Waals surface area contributed by atoms with Crippen LogP contribution in [0.5, 0.6) is 0 Å². The summed E-state index contributed by atoms with van der Waals surface area (Å²) < 4.78 is 10.1. The van der Waals surface area contributed by atoms with Crippen molar-refractivity contribution in [1.29, 1.82) is 0 Å². The number of amides is 1. The number of hydrogen-bond acceptors (Lipinski definition) is 4. The Morgan fingerprint density at radius 3 is 2.68 bits per heavy atom. The minimum atomic E-state index is -0.403. The first-order valence-corrected chi connectivity index (χ1v) is 7.03. The van der Waals surface area contributed by atoms with E-state index >= 15 is 0 Å². The molecule has 0 radical (unpaired) electrons. The lowest BCUT2D eigenvalue weighted by Gasteiger charge is -2.27. The predicted molar refractivity (Wildman–Crippen MR) is 71.7 cm³/mol. The number of esters is 1. The second-order valence-corrected chi connectivity index (χ2v) is 5.28. The maximum Gasteiger partial charge on any atom is 0.325 e. The smallest absolute Gasteiger partial charge is 0.325 e. The highest BCUT2D eigenvalue weighted by molar-refractivity contribution is 9.10. The van der Waals surface area contributed by atoms with Crippen molar-refractivity contribution in [2.75, 3.05) is 13.7 Å². The number of hydrogen-bond donors (Lipinski definition) is 0. The molecule has 1 saturated carbocycles. The van der Waals surface area contributed by atoms with Gasteiger partial charge in [-0.05, 0) is 34.8 Å². The standard InChI is InChI=1S/C13H16BrNO4/c1-18-11(16)8-15(9-4-2-3-5-9)13(17)10-6-7-19-12(10)14/h6-7,9H,2-5,8H2,1H3. The quantitative estimate of drug-likeness (QED) is 0.796. The van der Waals surface area contributed by atoms with Gasteiger partial charge in [-0.3, -0.25) is 9.59 Å². The molecule has 0 saturated heterocycles. The van der Waals surface area contributed by atoms with E-state index in [1.165, 1.54) is 13.4 Å². The Morgan fingerprint density at radius 2 is 2.16 bits per heavy atom. The molecule has 0 aromatic carbocycles. The van der Waals surface area contributed by atoms with Crippen LogP contribution in [0.15, 0.2) is 21.4 Å². The maximum absolute atomic E-state index is 12.5. The number of carbonyl (C=O) groups is 2. The zero-order valence-corrected chi connectivity index (χ0v) is 12.3. The molecule has 2 rings (SSSR count). The van der Waals surface area contributed by atoms with Gasteiger partial charge in [-0.1, -0.05) is 12.8 Å². The second kappa shape index (κ2) is 6.23. The van der Waals surface area contributed by atoms with Crippen molar-refractivity contribution < 1.29 is 18.7 Å². The Bertz CT molecular complexity index is 465. The van der Waals surface area contributed by atoms with Crippen LogP contribution in [-0.4, -0.2) is 36.5 Å². The van der Waals surface area contributed by atoms with E-state index in [0.717, 1.165) is 25.7 Å². The summed E-state index contributed by atoms with van der Waals surface area (Å²) >= 11 is 3.20. The molecule has 0 spiro atoms. The molecule has 6 heteroatoms. The predicted octanol–water partition coefficient (Wildman–Crippen LogP) is 2.60. The van der Waals surface area contributed by atoms with E-state index in [4.69, 9.17) is 4.42 Å². The monoisotopic (exact) mass is 329 g/mol. The normalized spacial score (nSPS) is 15.5. The zero-order chi connectivity index (χ0) is 13.8. The molecular formula is C13H16BrNO4. The van der Waals surface area contributed by atoms with Gasteiger partial charge in [-0.2, -0.15) is 0 Å². The lowest BCUT2D eigenvalue weighted by atomic mass is 10.1. The van der Waals surface area contributed by atoms with Gasteiger partial charge >= 0.3 is 5.97 Å². The lowest BCUT2D eigenvalue weighted by molar-refractivity contribution is -0.141. The highest BCUT2D eigenvalue weighted by Gasteiger charge is 2.30. The number of carbonyl (C=O) groups excluding carboxylic acids is 2. The Balaban J connectivity index is 2.18. The SMILES string of the molecule is COC(=O)CN(C(=O)c1ccoc1Br)C1CCCC1. The molecule has 0 aliphatic heterocycles. The van der Waals surface area contributed by atoms with Crippen LogP contribution in [0.2, 0.25) is 0 Å². The fourth-order valence-corrected chi connectivity index (χ4v) is 2.80. The molecule has 1 aliphatic rings. The molecule has 1 aliphatic carbocycles. The molecular weight excluding hydrogens is 314 g/mol. The molecule has 0 bridgehead atoms. The average molecular weight is 330 g/mol. The highest BCUT2D eigenvalue weighted by Crippen LogP contribution is 2.27. The van der Waals surface area contributed by atoms with Crippen molar-refractivity contribution >= 4 is 27.8 Å². The summed E-state index contributed by atoms with van der Waals surface area (Å²) in [6.07, 6.45) is 5.48. The van der Waals surface area contributed by atoms with Crippen LogP contribution >= 0.6 is 15.9 Å². The van der Waals surface area contributed by atoms with E-state index in [2.05, 4.69) is 20.7 Å². The first-order chi connectivity index (χ1) is 9.13. The third-order valence-corrected chi connectivity index (χ3v) is 4.02.